The maximum atomic E-state index is 13.5. The van der Waals surface area contributed by atoms with E-state index in [0.29, 0.717) is 0 Å². The van der Waals surface area contributed by atoms with Gasteiger partial charge in [-0.2, -0.15) is 0 Å². The second-order valence-corrected chi connectivity index (χ2v) is 7.76. The van der Waals surface area contributed by atoms with Crippen molar-refractivity contribution in [3.8, 4) is 5.75 Å². The standard InChI is InChI=1S/C24H19IO3/c1-27-22-13-12-18(15-21(22)25)24(23(26)28-2)19-11-7-6-10-17(19)14-20(24)16-8-4-3-5-9-16/h3-15H,1-2H3. The molecule has 0 heterocycles. The van der Waals surface area contributed by atoms with Gasteiger partial charge in [0, 0.05) is 0 Å². The largest absolute Gasteiger partial charge is 0.496 e. The topological polar surface area (TPSA) is 35.5 Å². The van der Waals surface area contributed by atoms with E-state index in [1.165, 1.54) is 7.11 Å². The van der Waals surface area contributed by atoms with Crippen LogP contribution in [0.1, 0.15) is 22.3 Å². The molecule has 1 aliphatic carbocycles. The molecule has 1 aliphatic rings. The minimum atomic E-state index is -1.03. The smallest absolute Gasteiger partial charge is 0.325 e. The van der Waals surface area contributed by atoms with Gasteiger partial charge >= 0.3 is 5.97 Å². The van der Waals surface area contributed by atoms with E-state index in [1.807, 2.05) is 72.8 Å². The second-order valence-electron chi connectivity index (χ2n) is 6.60. The van der Waals surface area contributed by atoms with Crippen molar-refractivity contribution in [1.29, 1.82) is 0 Å². The lowest BCUT2D eigenvalue weighted by molar-refractivity contribution is -0.143. The molecule has 0 fully saturated rings. The van der Waals surface area contributed by atoms with E-state index in [0.717, 1.165) is 37.1 Å². The zero-order valence-electron chi connectivity index (χ0n) is 15.6. The van der Waals surface area contributed by atoms with Gasteiger partial charge in [0.25, 0.3) is 0 Å². The average molecular weight is 482 g/mol. The molecule has 3 nitrogen and oxygen atoms in total. The van der Waals surface area contributed by atoms with Gasteiger partial charge in [-0.15, -0.1) is 0 Å². The number of halogens is 1. The summed E-state index contributed by atoms with van der Waals surface area (Å²) in [6.07, 6.45) is 2.10. The molecule has 28 heavy (non-hydrogen) atoms. The number of hydrogen-bond acceptors (Lipinski definition) is 3. The summed E-state index contributed by atoms with van der Waals surface area (Å²) in [7, 11) is 3.09. The minimum Gasteiger partial charge on any atom is -0.496 e. The monoisotopic (exact) mass is 482 g/mol. The van der Waals surface area contributed by atoms with E-state index < -0.39 is 5.41 Å². The van der Waals surface area contributed by atoms with E-state index in [4.69, 9.17) is 9.47 Å². The van der Waals surface area contributed by atoms with Crippen molar-refractivity contribution in [2.75, 3.05) is 14.2 Å². The van der Waals surface area contributed by atoms with Gasteiger partial charge in [0.15, 0.2) is 0 Å². The normalized spacial score (nSPS) is 17.6. The number of carbonyl (C=O) groups is 1. The fourth-order valence-corrected chi connectivity index (χ4v) is 4.73. The third-order valence-corrected chi connectivity index (χ3v) is 6.07. The Hall–Kier alpha value is -2.60. The molecule has 0 aliphatic heterocycles. The van der Waals surface area contributed by atoms with Crippen LogP contribution >= 0.6 is 22.6 Å². The van der Waals surface area contributed by atoms with Crippen LogP contribution in [0.15, 0.2) is 72.8 Å². The molecule has 0 saturated carbocycles. The summed E-state index contributed by atoms with van der Waals surface area (Å²) in [4.78, 5) is 13.5. The first-order chi connectivity index (χ1) is 13.6. The quantitative estimate of drug-likeness (QED) is 0.374. The highest BCUT2D eigenvalue weighted by molar-refractivity contribution is 14.1. The van der Waals surface area contributed by atoms with Crippen molar-refractivity contribution in [3.05, 3.63) is 98.6 Å². The highest BCUT2D eigenvalue weighted by Crippen LogP contribution is 2.52. The lowest BCUT2D eigenvalue weighted by Crippen LogP contribution is -2.38. The number of benzene rings is 3. The van der Waals surface area contributed by atoms with E-state index in [9.17, 15) is 4.79 Å². The summed E-state index contributed by atoms with van der Waals surface area (Å²) in [5.41, 5.74) is 3.71. The highest BCUT2D eigenvalue weighted by Gasteiger charge is 2.51. The van der Waals surface area contributed by atoms with Crippen LogP contribution in [-0.4, -0.2) is 20.2 Å². The number of carbonyl (C=O) groups excluding carboxylic acids is 1. The number of methoxy groups -OCH3 is 2. The lowest BCUT2D eigenvalue weighted by Gasteiger charge is -2.32. The van der Waals surface area contributed by atoms with E-state index in [2.05, 4.69) is 28.7 Å². The third-order valence-electron chi connectivity index (χ3n) is 5.23. The van der Waals surface area contributed by atoms with Crippen LogP contribution in [0.4, 0.5) is 0 Å². The van der Waals surface area contributed by atoms with Gasteiger partial charge in [-0.05, 0) is 68.6 Å². The van der Waals surface area contributed by atoms with Crippen LogP contribution in [-0.2, 0) is 14.9 Å². The van der Waals surface area contributed by atoms with Gasteiger partial charge < -0.3 is 9.47 Å². The zero-order valence-corrected chi connectivity index (χ0v) is 17.8. The number of ether oxygens (including phenoxy) is 2. The molecule has 1 atom stereocenters. The molecule has 0 spiro atoms. The summed E-state index contributed by atoms with van der Waals surface area (Å²) in [5.74, 6) is 0.481. The summed E-state index contributed by atoms with van der Waals surface area (Å²) in [6.45, 7) is 0. The van der Waals surface area contributed by atoms with Crippen LogP contribution in [0, 0.1) is 3.57 Å². The number of hydrogen-bond donors (Lipinski definition) is 0. The summed E-state index contributed by atoms with van der Waals surface area (Å²) >= 11 is 2.24. The summed E-state index contributed by atoms with van der Waals surface area (Å²) < 4.78 is 11.8. The Bertz CT molecular complexity index is 1070. The molecule has 140 valence electrons. The zero-order chi connectivity index (χ0) is 19.7. The van der Waals surface area contributed by atoms with E-state index in [-0.39, 0.29) is 5.97 Å². The Kier molecular flexibility index (Phi) is 4.98. The van der Waals surface area contributed by atoms with Crippen molar-refractivity contribution in [1.82, 2.24) is 0 Å². The molecule has 0 N–H and O–H groups in total. The molecule has 0 radical (unpaired) electrons. The first-order valence-electron chi connectivity index (χ1n) is 8.92. The van der Waals surface area contributed by atoms with Crippen molar-refractivity contribution in [2.45, 2.75) is 5.41 Å². The first kappa shape index (κ1) is 18.7. The van der Waals surface area contributed by atoms with Crippen molar-refractivity contribution in [3.63, 3.8) is 0 Å². The molecule has 0 bridgehead atoms. The van der Waals surface area contributed by atoms with E-state index in [1.54, 1.807) is 7.11 Å². The van der Waals surface area contributed by atoms with Crippen molar-refractivity contribution in [2.24, 2.45) is 0 Å². The van der Waals surface area contributed by atoms with Crippen molar-refractivity contribution >= 4 is 40.2 Å². The van der Waals surface area contributed by atoms with Crippen molar-refractivity contribution < 1.29 is 14.3 Å². The molecule has 3 aromatic rings. The maximum Gasteiger partial charge on any atom is 0.325 e. The highest BCUT2D eigenvalue weighted by atomic mass is 127. The Morgan fingerprint density at radius 2 is 1.64 bits per heavy atom. The molecule has 0 saturated heterocycles. The predicted octanol–water partition coefficient (Wildman–Crippen LogP) is 5.31. The molecular weight excluding hydrogens is 463 g/mol. The van der Waals surface area contributed by atoms with Gasteiger partial charge in [0.2, 0.25) is 0 Å². The second kappa shape index (κ2) is 7.43. The average Bonchev–Trinajstić information content (AvgIpc) is 3.10. The fourth-order valence-electron chi connectivity index (χ4n) is 3.99. The first-order valence-corrected chi connectivity index (χ1v) is 10.0. The summed E-state index contributed by atoms with van der Waals surface area (Å²) in [5, 5.41) is 0. The van der Waals surface area contributed by atoms with Crippen LogP contribution in [0.3, 0.4) is 0 Å². The lowest BCUT2D eigenvalue weighted by atomic mass is 9.69. The molecule has 0 aromatic heterocycles. The molecule has 3 aromatic carbocycles. The SMILES string of the molecule is COC(=O)C1(c2ccc(OC)c(I)c2)C(c2ccccc2)=Cc2ccccc21. The van der Waals surface area contributed by atoms with Crippen LogP contribution in [0.25, 0.3) is 11.6 Å². The van der Waals surface area contributed by atoms with Gasteiger partial charge in [-0.1, -0.05) is 60.7 Å². The third kappa shape index (κ3) is 2.75. The minimum absolute atomic E-state index is 0.298. The number of esters is 1. The molecule has 0 amide bonds. The van der Waals surface area contributed by atoms with Gasteiger partial charge in [0.1, 0.15) is 11.2 Å². The number of fused-ring (bicyclic) bond motifs is 1. The van der Waals surface area contributed by atoms with Gasteiger partial charge in [-0.25, -0.2) is 0 Å². The Balaban J connectivity index is 2.07. The van der Waals surface area contributed by atoms with Crippen LogP contribution in [0.5, 0.6) is 5.75 Å². The Morgan fingerprint density at radius 3 is 2.32 bits per heavy atom. The summed E-state index contributed by atoms with van der Waals surface area (Å²) in [6, 6.07) is 23.9. The Morgan fingerprint density at radius 1 is 0.929 bits per heavy atom. The number of rotatable bonds is 4. The Labute approximate surface area is 178 Å². The molecular formula is C24H19IO3. The molecule has 4 heteroatoms. The van der Waals surface area contributed by atoms with Crippen LogP contribution in [0.2, 0.25) is 0 Å². The van der Waals surface area contributed by atoms with Gasteiger partial charge in [-0.3, -0.25) is 4.79 Å². The molecule has 1 unspecified atom stereocenters. The van der Waals surface area contributed by atoms with Gasteiger partial charge in [0.05, 0.1) is 17.8 Å². The van der Waals surface area contributed by atoms with Crippen LogP contribution < -0.4 is 4.74 Å². The molecule has 4 rings (SSSR count). The predicted molar refractivity (Wildman–Crippen MR) is 119 cm³/mol. The fraction of sp³-hybridized carbons (Fsp3) is 0.125. The van der Waals surface area contributed by atoms with E-state index >= 15 is 0 Å². The maximum absolute atomic E-state index is 13.5.